The number of nitrogens with zero attached hydrogens (tertiary/aromatic N) is 1. The van der Waals surface area contributed by atoms with Gasteiger partial charge >= 0.3 is 0 Å². The van der Waals surface area contributed by atoms with Crippen molar-refractivity contribution in [1.82, 2.24) is 9.79 Å². The number of ether oxygens (including phenoxy) is 1. The van der Waals surface area contributed by atoms with Crippen LogP contribution in [0.5, 0.6) is 5.75 Å². The summed E-state index contributed by atoms with van der Waals surface area (Å²) in [5.74, 6) is -0.819. The number of carbonyl (C=O) groups excluding carboxylic acids is 1. The highest BCUT2D eigenvalue weighted by atomic mass is 32.2. The van der Waals surface area contributed by atoms with E-state index in [0.717, 1.165) is 9.87 Å². The lowest BCUT2D eigenvalue weighted by Gasteiger charge is -2.35. The minimum Gasteiger partial charge on any atom is -0.489 e. The number of halogens is 1. The zero-order chi connectivity index (χ0) is 21.0. The molecule has 1 aliphatic heterocycles. The molecular weight excluding hydrogens is 403 g/mol. The smallest absolute Gasteiger partial charge is 0.261 e. The molecule has 29 heavy (non-hydrogen) atoms. The van der Waals surface area contributed by atoms with Gasteiger partial charge in [-0.25, -0.2) is 18.3 Å². The number of aliphatic hydroxyl groups is 1. The van der Waals surface area contributed by atoms with Gasteiger partial charge in [0.15, 0.2) is 0 Å². The number of amides is 1. The second-order valence-corrected chi connectivity index (χ2v) is 8.56. The number of carbonyl (C=O) groups is 1. The Labute approximate surface area is 167 Å². The maximum atomic E-state index is 13.0. The summed E-state index contributed by atoms with van der Waals surface area (Å²) in [4.78, 5) is 11.8. The summed E-state index contributed by atoms with van der Waals surface area (Å²) in [5.41, 5.74) is 2.21. The molecule has 0 aromatic heterocycles. The van der Waals surface area contributed by atoms with E-state index < -0.39 is 28.1 Å². The largest absolute Gasteiger partial charge is 0.489 e. The summed E-state index contributed by atoms with van der Waals surface area (Å²) in [6, 6.07) is 10.3. The lowest BCUT2D eigenvalue weighted by Crippen LogP contribution is -2.54. The third kappa shape index (κ3) is 4.91. The average molecular weight is 424 g/mol. The van der Waals surface area contributed by atoms with E-state index in [4.69, 9.17) is 9.94 Å². The predicted octanol–water partition coefficient (Wildman–Crippen LogP) is 1.42. The third-order valence-electron chi connectivity index (χ3n) is 4.69. The molecule has 2 aromatic rings. The molecule has 2 aromatic carbocycles. The first-order valence-corrected chi connectivity index (χ1v) is 10.4. The molecule has 0 bridgehead atoms. The SMILES string of the molecule is O=C(NO)[C@H]1C[C@H](O)CCN1S(=O)(=O)c1ccc(OCc2ccc(F)cc2)cc1. The Bertz CT molecular complexity index is 950. The molecule has 1 aliphatic rings. The van der Waals surface area contributed by atoms with Gasteiger partial charge in [-0.1, -0.05) is 12.1 Å². The molecule has 0 radical (unpaired) electrons. The van der Waals surface area contributed by atoms with Crippen LogP contribution in [-0.4, -0.2) is 47.6 Å². The summed E-state index contributed by atoms with van der Waals surface area (Å²) >= 11 is 0. The first-order chi connectivity index (χ1) is 13.8. The van der Waals surface area contributed by atoms with E-state index in [0.29, 0.717) is 5.75 Å². The number of nitrogens with one attached hydrogen (secondary N) is 1. The van der Waals surface area contributed by atoms with Gasteiger partial charge in [-0.15, -0.1) is 0 Å². The molecule has 1 saturated heterocycles. The van der Waals surface area contributed by atoms with Gasteiger partial charge in [0, 0.05) is 6.54 Å². The van der Waals surface area contributed by atoms with Crippen molar-refractivity contribution < 1.29 is 32.7 Å². The number of aliphatic hydroxyl groups excluding tert-OH is 1. The van der Waals surface area contributed by atoms with Crippen molar-refractivity contribution in [2.75, 3.05) is 6.54 Å². The van der Waals surface area contributed by atoms with E-state index in [9.17, 15) is 22.7 Å². The normalized spacial score (nSPS) is 20.2. The molecule has 10 heteroatoms. The Morgan fingerprint density at radius 3 is 2.45 bits per heavy atom. The van der Waals surface area contributed by atoms with E-state index in [1.165, 1.54) is 41.9 Å². The van der Waals surface area contributed by atoms with Crippen LogP contribution in [-0.2, 0) is 21.4 Å². The van der Waals surface area contributed by atoms with Crippen LogP contribution in [0.4, 0.5) is 4.39 Å². The molecule has 0 aliphatic carbocycles. The van der Waals surface area contributed by atoms with Crippen LogP contribution in [0.1, 0.15) is 18.4 Å². The van der Waals surface area contributed by atoms with Gasteiger partial charge in [0.2, 0.25) is 10.0 Å². The van der Waals surface area contributed by atoms with E-state index in [2.05, 4.69) is 0 Å². The first kappa shape index (κ1) is 21.2. The van der Waals surface area contributed by atoms with Crippen molar-refractivity contribution in [1.29, 1.82) is 0 Å². The second-order valence-electron chi connectivity index (χ2n) is 6.67. The minimum absolute atomic E-state index is 0.0428. The Morgan fingerprint density at radius 2 is 1.83 bits per heavy atom. The summed E-state index contributed by atoms with van der Waals surface area (Å²) in [6.07, 6.45) is -0.747. The van der Waals surface area contributed by atoms with Crippen LogP contribution in [0.3, 0.4) is 0 Å². The Balaban J connectivity index is 1.73. The molecule has 0 unspecified atom stereocenters. The Morgan fingerprint density at radius 1 is 1.17 bits per heavy atom. The quantitative estimate of drug-likeness (QED) is 0.477. The maximum absolute atomic E-state index is 13.0. The lowest BCUT2D eigenvalue weighted by atomic mass is 10.0. The zero-order valence-corrected chi connectivity index (χ0v) is 16.2. The Hall–Kier alpha value is -2.53. The van der Waals surface area contributed by atoms with Crippen LogP contribution >= 0.6 is 0 Å². The van der Waals surface area contributed by atoms with E-state index in [-0.39, 0.29) is 36.7 Å². The van der Waals surface area contributed by atoms with Gasteiger partial charge in [-0.05, 0) is 54.8 Å². The molecule has 0 spiro atoms. The molecule has 3 N–H and O–H groups in total. The number of benzene rings is 2. The van der Waals surface area contributed by atoms with Crippen molar-refractivity contribution in [2.45, 2.75) is 36.5 Å². The molecule has 1 amide bonds. The minimum atomic E-state index is -4.03. The van der Waals surface area contributed by atoms with Crippen LogP contribution in [0, 0.1) is 5.82 Å². The number of hydrogen-bond donors (Lipinski definition) is 3. The fourth-order valence-corrected chi connectivity index (χ4v) is 4.73. The second kappa shape index (κ2) is 8.87. The summed E-state index contributed by atoms with van der Waals surface area (Å²) < 4.78 is 45.4. The van der Waals surface area contributed by atoms with Crippen molar-refractivity contribution in [2.24, 2.45) is 0 Å². The van der Waals surface area contributed by atoms with Crippen molar-refractivity contribution >= 4 is 15.9 Å². The lowest BCUT2D eigenvalue weighted by molar-refractivity contribution is -0.135. The summed E-state index contributed by atoms with van der Waals surface area (Å²) in [6.45, 7) is 0.138. The molecule has 8 nitrogen and oxygen atoms in total. The molecule has 0 saturated carbocycles. The van der Waals surface area contributed by atoms with Gasteiger partial charge in [0.05, 0.1) is 11.0 Å². The van der Waals surface area contributed by atoms with Gasteiger partial charge in [0.25, 0.3) is 5.91 Å². The van der Waals surface area contributed by atoms with E-state index in [1.807, 2.05) is 0 Å². The number of hydrogen-bond acceptors (Lipinski definition) is 6. The number of piperidine rings is 1. The molecular formula is C19H21FN2O6S. The van der Waals surface area contributed by atoms with Gasteiger partial charge < -0.3 is 9.84 Å². The third-order valence-corrected chi connectivity index (χ3v) is 6.61. The highest BCUT2D eigenvalue weighted by Crippen LogP contribution is 2.27. The van der Waals surface area contributed by atoms with Gasteiger partial charge in [-0.2, -0.15) is 4.31 Å². The number of rotatable bonds is 6. The number of sulfonamides is 1. The average Bonchev–Trinajstić information content (AvgIpc) is 2.72. The molecule has 2 atom stereocenters. The van der Waals surface area contributed by atoms with Crippen LogP contribution in [0.2, 0.25) is 0 Å². The monoisotopic (exact) mass is 424 g/mol. The maximum Gasteiger partial charge on any atom is 0.261 e. The topological polar surface area (TPSA) is 116 Å². The fraction of sp³-hybridized carbons (Fsp3) is 0.316. The fourth-order valence-electron chi connectivity index (χ4n) is 3.12. The Kier molecular flexibility index (Phi) is 6.48. The van der Waals surface area contributed by atoms with Crippen molar-refractivity contribution in [3.05, 3.63) is 59.9 Å². The van der Waals surface area contributed by atoms with E-state index in [1.54, 1.807) is 12.1 Å². The first-order valence-electron chi connectivity index (χ1n) is 8.92. The molecule has 156 valence electrons. The van der Waals surface area contributed by atoms with Crippen LogP contribution in [0.25, 0.3) is 0 Å². The zero-order valence-electron chi connectivity index (χ0n) is 15.4. The molecule has 1 fully saturated rings. The highest BCUT2D eigenvalue weighted by molar-refractivity contribution is 7.89. The summed E-state index contributed by atoms with van der Waals surface area (Å²) in [5, 5.41) is 18.7. The van der Waals surface area contributed by atoms with Crippen LogP contribution < -0.4 is 10.2 Å². The van der Waals surface area contributed by atoms with Gasteiger partial charge in [-0.3, -0.25) is 10.0 Å². The van der Waals surface area contributed by atoms with Gasteiger partial charge in [0.1, 0.15) is 24.2 Å². The highest BCUT2D eigenvalue weighted by Gasteiger charge is 2.40. The van der Waals surface area contributed by atoms with Crippen LogP contribution in [0.15, 0.2) is 53.4 Å². The van der Waals surface area contributed by atoms with Crippen molar-refractivity contribution in [3.63, 3.8) is 0 Å². The predicted molar refractivity (Wildman–Crippen MR) is 100 cm³/mol. The standard InChI is InChI=1S/C19H21FN2O6S/c20-14-3-1-13(2-4-14)12-28-16-5-7-17(8-6-16)29(26,27)22-10-9-15(23)11-18(22)19(24)21-25/h1-8,15,18,23,25H,9-12H2,(H,21,24)/t15-,18-/m1/s1. The van der Waals surface area contributed by atoms with Crippen molar-refractivity contribution in [3.8, 4) is 5.75 Å². The summed E-state index contributed by atoms with van der Waals surface area (Å²) in [7, 11) is -4.03. The van der Waals surface area contributed by atoms with E-state index >= 15 is 0 Å². The molecule has 3 rings (SSSR count). The number of hydroxylamine groups is 1. The molecule has 1 heterocycles.